The van der Waals surface area contributed by atoms with Crippen LogP contribution in [0.3, 0.4) is 0 Å². The van der Waals surface area contributed by atoms with Crippen LogP contribution in [0.15, 0.2) is 29.1 Å². The second kappa shape index (κ2) is 5.74. The van der Waals surface area contributed by atoms with Crippen LogP contribution in [0.5, 0.6) is 0 Å². The first-order valence-corrected chi connectivity index (χ1v) is 9.17. The molecule has 1 aliphatic carbocycles. The zero-order chi connectivity index (χ0) is 16.8. The molecule has 5 heteroatoms. The van der Waals surface area contributed by atoms with Crippen LogP contribution < -0.4 is 10.5 Å². The van der Waals surface area contributed by atoms with E-state index in [2.05, 4.69) is 16.8 Å². The van der Waals surface area contributed by atoms with E-state index in [-0.39, 0.29) is 5.56 Å². The van der Waals surface area contributed by atoms with Gasteiger partial charge in [0.1, 0.15) is 10.7 Å². The van der Waals surface area contributed by atoms with E-state index in [1.54, 1.807) is 11.3 Å². The summed E-state index contributed by atoms with van der Waals surface area (Å²) in [6.45, 7) is 2.28. The molecular weight excluding hydrogens is 318 g/mol. The van der Waals surface area contributed by atoms with Crippen LogP contribution in [0.4, 0.5) is 5.69 Å². The molecule has 0 aliphatic heterocycles. The van der Waals surface area contributed by atoms with Crippen LogP contribution in [0, 0.1) is 5.92 Å². The van der Waals surface area contributed by atoms with Gasteiger partial charge in [-0.2, -0.15) is 0 Å². The highest BCUT2D eigenvalue weighted by molar-refractivity contribution is 7.18. The van der Waals surface area contributed by atoms with Crippen molar-refractivity contribution in [2.75, 3.05) is 19.0 Å². The van der Waals surface area contributed by atoms with Gasteiger partial charge in [0.05, 0.1) is 5.39 Å². The Morgan fingerprint density at radius 3 is 2.71 bits per heavy atom. The van der Waals surface area contributed by atoms with Crippen LogP contribution in [-0.2, 0) is 12.8 Å². The van der Waals surface area contributed by atoms with Gasteiger partial charge >= 0.3 is 0 Å². The van der Waals surface area contributed by atoms with Gasteiger partial charge in [-0.1, -0.05) is 6.92 Å². The van der Waals surface area contributed by atoms with Crippen molar-refractivity contribution < 1.29 is 0 Å². The Morgan fingerprint density at radius 2 is 2.00 bits per heavy atom. The second-order valence-electron chi connectivity index (χ2n) is 6.89. The molecule has 2 aromatic heterocycles. The largest absolute Gasteiger partial charge is 0.378 e. The number of rotatable bonds is 2. The van der Waals surface area contributed by atoms with Gasteiger partial charge in [-0.25, -0.2) is 4.98 Å². The smallest absolute Gasteiger partial charge is 0.260 e. The van der Waals surface area contributed by atoms with Crippen molar-refractivity contribution in [3.05, 3.63) is 45.1 Å². The number of benzene rings is 1. The maximum absolute atomic E-state index is 12.7. The Labute approximate surface area is 145 Å². The summed E-state index contributed by atoms with van der Waals surface area (Å²) in [6.07, 6.45) is 3.23. The molecule has 0 amide bonds. The standard InChI is InChI=1S/C19H21N3OS/c1-11-4-9-14-15(10-11)24-19-16(14)18(23)20-17(21-19)12-5-7-13(8-6-12)22(2)3/h5-8,11H,4,9-10H2,1-3H3,(H,20,21,23)/t11-/m1/s1. The third kappa shape index (κ3) is 2.53. The molecule has 1 aromatic carbocycles. The number of aromatic nitrogens is 2. The van der Waals surface area contributed by atoms with Gasteiger partial charge < -0.3 is 9.88 Å². The molecule has 124 valence electrons. The highest BCUT2D eigenvalue weighted by Gasteiger charge is 2.23. The van der Waals surface area contributed by atoms with Crippen LogP contribution in [0.1, 0.15) is 23.8 Å². The van der Waals surface area contributed by atoms with Gasteiger partial charge in [0.15, 0.2) is 0 Å². The van der Waals surface area contributed by atoms with Crippen molar-refractivity contribution in [3.63, 3.8) is 0 Å². The summed E-state index contributed by atoms with van der Waals surface area (Å²) in [5, 5.41) is 0.815. The molecule has 3 aromatic rings. The van der Waals surface area contributed by atoms with Gasteiger partial charge in [-0.05, 0) is 55.0 Å². The number of fused-ring (bicyclic) bond motifs is 3. The molecule has 1 N–H and O–H groups in total. The van der Waals surface area contributed by atoms with Crippen molar-refractivity contribution >= 4 is 27.2 Å². The van der Waals surface area contributed by atoms with E-state index < -0.39 is 0 Å². The first-order valence-electron chi connectivity index (χ1n) is 8.35. The van der Waals surface area contributed by atoms with Gasteiger partial charge in [0.2, 0.25) is 0 Å². The van der Waals surface area contributed by atoms with E-state index in [1.807, 2.05) is 38.4 Å². The van der Waals surface area contributed by atoms with Crippen molar-refractivity contribution in [1.82, 2.24) is 9.97 Å². The quantitative estimate of drug-likeness (QED) is 0.772. The van der Waals surface area contributed by atoms with E-state index in [1.165, 1.54) is 10.4 Å². The van der Waals surface area contributed by atoms with E-state index in [9.17, 15) is 4.79 Å². The van der Waals surface area contributed by atoms with Gasteiger partial charge in [-0.3, -0.25) is 4.79 Å². The number of aryl methyl sites for hydroxylation is 1. The minimum Gasteiger partial charge on any atom is -0.378 e. The number of nitrogens with zero attached hydrogens (tertiary/aromatic N) is 2. The summed E-state index contributed by atoms with van der Waals surface area (Å²) in [6, 6.07) is 8.10. The monoisotopic (exact) mass is 339 g/mol. The first-order chi connectivity index (χ1) is 11.5. The van der Waals surface area contributed by atoms with Crippen molar-refractivity contribution in [2.24, 2.45) is 5.92 Å². The lowest BCUT2D eigenvalue weighted by Crippen LogP contribution is -2.13. The van der Waals surface area contributed by atoms with E-state index in [0.717, 1.165) is 40.7 Å². The lowest BCUT2D eigenvalue weighted by molar-refractivity contribution is 0.509. The maximum Gasteiger partial charge on any atom is 0.260 e. The molecule has 0 unspecified atom stereocenters. The topological polar surface area (TPSA) is 49.0 Å². The summed E-state index contributed by atoms with van der Waals surface area (Å²) in [4.78, 5) is 24.7. The van der Waals surface area contributed by atoms with Crippen LogP contribution in [0.2, 0.25) is 0 Å². The van der Waals surface area contributed by atoms with Gasteiger partial charge in [0.25, 0.3) is 5.56 Å². The molecule has 1 aliphatic rings. The molecule has 1 atom stereocenters. The highest BCUT2D eigenvalue weighted by Crippen LogP contribution is 2.36. The van der Waals surface area contributed by atoms with Gasteiger partial charge in [0, 0.05) is 30.2 Å². The summed E-state index contributed by atoms with van der Waals surface area (Å²) >= 11 is 1.70. The molecule has 0 radical (unpaired) electrons. The SMILES string of the molecule is C[C@@H]1CCc2c(sc3nc(-c4ccc(N(C)C)cc4)[nH]c(=O)c23)C1. The van der Waals surface area contributed by atoms with E-state index in [0.29, 0.717) is 11.7 Å². The number of nitrogens with one attached hydrogen (secondary N) is 1. The highest BCUT2D eigenvalue weighted by atomic mass is 32.1. The maximum atomic E-state index is 12.7. The Kier molecular flexibility index (Phi) is 3.68. The minimum atomic E-state index is -0.00117. The van der Waals surface area contributed by atoms with Crippen molar-refractivity contribution in [2.45, 2.75) is 26.2 Å². The summed E-state index contributed by atoms with van der Waals surface area (Å²) in [7, 11) is 4.02. The average Bonchev–Trinajstić information content (AvgIpc) is 2.92. The number of hydrogen-bond acceptors (Lipinski definition) is 4. The number of thiophene rings is 1. The molecule has 4 rings (SSSR count). The Morgan fingerprint density at radius 1 is 1.25 bits per heavy atom. The molecule has 0 saturated heterocycles. The van der Waals surface area contributed by atoms with Crippen molar-refractivity contribution in [3.8, 4) is 11.4 Å². The number of H-pyrrole nitrogens is 1. The van der Waals surface area contributed by atoms with Crippen LogP contribution in [0.25, 0.3) is 21.6 Å². The lowest BCUT2D eigenvalue weighted by Gasteiger charge is -2.17. The number of aromatic amines is 1. The summed E-state index contributed by atoms with van der Waals surface area (Å²) < 4.78 is 0. The predicted molar refractivity (Wildman–Crippen MR) is 101 cm³/mol. The molecule has 2 heterocycles. The average molecular weight is 339 g/mol. The number of hydrogen-bond donors (Lipinski definition) is 1. The predicted octanol–water partition coefficient (Wildman–Crippen LogP) is 3.84. The summed E-state index contributed by atoms with van der Waals surface area (Å²) in [5.74, 6) is 1.35. The Bertz CT molecular complexity index is 953. The Balaban J connectivity index is 1.82. The molecule has 0 fully saturated rings. The van der Waals surface area contributed by atoms with Gasteiger partial charge in [-0.15, -0.1) is 11.3 Å². The van der Waals surface area contributed by atoms with E-state index >= 15 is 0 Å². The fourth-order valence-electron chi connectivity index (χ4n) is 3.40. The molecule has 0 bridgehead atoms. The molecule has 4 nitrogen and oxygen atoms in total. The summed E-state index contributed by atoms with van der Waals surface area (Å²) in [5.41, 5.74) is 3.30. The fraction of sp³-hybridized carbons (Fsp3) is 0.368. The molecule has 0 spiro atoms. The third-order valence-corrected chi connectivity index (χ3v) is 5.97. The third-order valence-electron chi connectivity index (χ3n) is 4.82. The fourth-order valence-corrected chi connectivity index (χ4v) is 4.79. The normalized spacial score (nSPS) is 17.0. The zero-order valence-electron chi connectivity index (χ0n) is 14.2. The minimum absolute atomic E-state index is 0.00117. The van der Waals surface area contributed by atoms with E-state index in [4.69, 9.17) is 4.98 Å². The first kappa shape index (κ1) is 15.4. The zero-order valence-corrected chi connectivity index (χ0v) is 15.0. The van der Waals surface area contributed by atoms with Crippen LogP contribution in [-0.4, -0.2) is 24.1 Å². The number of anilines is 1. The van der Waals surface area contributed by atoms with Crippen molar-refractivity contribution in [1.29, 1.82) is 0 Å². The molecule has 0 saturated carbocycles. The van der Waals surface area contributed by atoms with Crippen LogP contribution >= 0.6 is 11.3 Å². The molecular formula is C19H21N3OS. The Hall–Kier alpha value is -2.14. The molecule has 24 heavy (non-hydrogen) atoms. The lowest BCUT2D eigenvalue weighted by atomic mass is 9.89. The second-order valence-corrected chi connectivity index (χ2v) is 7.97.